The molecule has 0 spiro atoms. The number of H-pyrrole nitrogens is 1. The van der Waals surface area contributed by atoms with Crippen molar-refractivity contribution >= 4 is 6.03 Å². The molecule has 23 heavy (non-hydrogen) atoms. The first-order valence-corrected chi connectivity index (χ1v) is 8.62. The maximum absolute atomic E-state index is 12.2. The zero-order chi connectivity index (χ0) is 17.0. The van der Waals surface area contributed by atoms with E-state index in [-0.39, 0.29) is 24.2 Å². The number of nitrogens with one attached hydrogen (secondary N) is 3. The summed E-state index contributed by atoms with van der Waals surface area (Å²) in [5.74, 6) is 1.11. The molecular weight excluding hydrogens is 290 g/mol. The van der Waals surface area contributed by atoms with E-state index in [0.29, 0.717) is 17.4 Å². The van der Waals surface area contributed by atoms with E-state index in [9.17, 15) is 9.59 Å². The van der Waals surface area contributed by atoms with Crippen molar-refractivity contribution in [2.24, 2.45) is 11.8 Å². The Morgan fingerprint density at radius 2 is 2.00 bits per heavy atom. The molecule has 3 N–H and O–H groups in total. The first-order valence-electron chi connectivity index (χ1n) is 8.62. The summed E-state index contributed by atoms with van der Waals surface area (Å²) < 4.78 is 0. The molecule has 2 atom stereocenters. The molecule has 1 aromatic rings. The third-order valence-electron chi connectivity index (χ3n) is 4.91. The minimum absolute atomic E-state index is 0.125. The standard InChI is InChI=1S/C18H29N3O2/c1-11(2)14-7-5-6-8-16(14)21-18(23)19-10-15-12(3)9-13(4)20-17(15)22/h9,11,14,16H,5-8,10H2,1-4H3,(H,20,22)(H2,19,21,23)/t14-,16+/m1/s1. The van der Waals surface area contributed by atoms with Gasteiger partial charge in [-0.3, -0.25) is 4.79 Å². The Balaban J connectivity index is 1.94. The lowest BCUT2D eigenvalue weighted by Gasteiger charge is -2.34. The van der Waals surface area contributed by atoms with Gasteiger partial charge in [0.05, 0.1) is 6.54 Å². The number of aromatic amines is 1. The number of urea groups is 1. The van der Waals surface area contributed by atoms with E-state index in [1.807, 2.05) is 19.9 Å². The monoisotopic (exact) mass is 319 g/mol. The van der Waals surface area contributed by atoms with E-state index in [0.717, 1.165) is 17.7 Å². The van der Waals surface area contributed by atoms with E-state index in [2.05, 4.69) is 29.5 Å². The van der Waals surface area contributed by atoms with Crippen molar-refractivity contribution in [3.05, 3.63) is 33.2 Å². The second-order valence-electron chi connectivity index (χ2n) is 7.07. The molecule has 0 aromatic carbocycles. The van der Waals surface area contributed by atoms with E-state index in [1.54, 1.807) is 0 Å². The Morgan fingerprint density at radius 3 is 2.65 bits per heavy atom. The van der Waals surface area contributed by atoms with Crippen LogP contribution in [0.15, 0.2) is 10.9 Å². The smallest absolute Gasteiger partial charge is 0.315 e. The zero-order valence-corrected chi connectivity index (χ0v) is 14.7. The van der Waals surface area contributed by atoms with Crippen molar-refractivity contribution in [1.82, 2.24) is 15.6 Å². The Bertz CT molecular complexity index is 607. The number of hydrogen-bond donors (Lipinski definition) is 3. The van der Waals surface area contributed by atoms with Crippen LogP contribution in [0.4, 0.5) is 4.79 Å². The van der Waals surface area contributed by atoms with Gasteiger partial charge in [-0.25, -0.2) is 4.79 Å². The molecule has 1 heterocycles. The summed E-state index contributed by atoms with van der Waals surface area (Å²) in [7, 11) is 0. The van der Waals surface area contributed by atoms with Crippen molar-refractivity contribution in [3.63, 3.8) is 0 Å². The number of rotatable bonds is 4. The fourth-order valence-electron chi connectivity index (χ4n) is 3.63. The lowest BCUT2D eigenvalue weighted by atomic mass is 9.78. The van der Waals surface area contributed by atoms with Gasteiger partial charge in [-0.05, 0) is 50.2 Å². The quantitative estimate of drug-likeness (QED) is 0.798. The molecule has 1 aromatic heterocycles. The van der Waals surface area contributed by atoms with Gasteiger partial charge in [-0.2, -0.15) is 0 Å². The summed E-state index contributed by atoms with van der Waals surface area (Å²) in [5, 5.41) is 5.95. The summed E-state index contributed by atoms with van der Waals surface area (Å²) in [6, 6.07) is 1.98. The van der Waals surface area contributed by atoms with Gasteiger partial charge in [-0.15, -0.1) is 0 Å². The maximum Gasteiger partial charge on any atom is 0.315 e. The topological polar surface area (TPSA) is 74.0 Å². The Labute approximate surface area is 138 Å². The second kappa shape index (κ2) is 7.66. The fraction of sp³-hybridized carbons (Fsp3) is 0.667. The predicted octanol–water partition coefficient (Wildman–Crippen LogP) is 3.01. The Kier molecular flexibility index (Phi) is 5.85. The van der Waals surface area contributed by atoms with Crippen molar-refractivity contribution in [1.29, 1.82) is 0 Å². The molecule has 0 unspecified atom stereocenters. The predicted molar refractivity (Wildman–Crippen MR) is 92.5 cm³/mol. The molecule has 5 nitrogen and oxygen atoms in total. The van der Waals surface area contributed by atoms with E-state index >= 15 is 0 Å². The van der Waals surface area contributed by atoms with Gasteiger partial charge in [0, 0.05) is 17.3 Å². The highest BCUT2D eigenvalue weighted by Gasteiger charge is 2.28. The summed E-state index contributed by atoms with van der Waals surface area (Å²) in [4.78, 5) is 27.0. The van der Waals surface area contributed by atoms with Gasteiger partial charge in [0.2, 0.25) is 0 Å². The third-order valence-corrected chi connectivity index (χ3v) is 4.91. The molecule has 1 saturated carbocycles. The van der Waals surface area contributed by atoms with Gasteiger partial charge in [0.25, 0.3) is 5.56 Å². The number of hydrogen-bond acceptors (Lipinski definition) is 2. The van der Waals surface area contributed by atoms with Gasteiger partial charge in [-0.1, -0.05) is 26.7 Å². The van der Waals surface area contributed by atoms with Crippen LogP contribution in [0.5, 0.6) is 0 Å². The lowest BCUT2D eigenvalue weighted by Crippen LogP contribution is -2.48. The SMILES string of the molecule is Cc1cc(C)c(CNC(=O)N[C@H]2CCCC[C@@H]2C(C)C)c(=O)[nH]1. The average Bonchev–Trinajstić information content (AvgIpc) is 2.46. The zero-order valence-electron chi connectivity index (χ0n) is 14.7. The largest absolute Gasteiger partial charge is 0.335 e. The number of aromatic nitrogens is 1. The van der Waals surface area contributed by atoms with Gasteiger partial charge in [0.15, 0.2) is 0 Å². The molecule has 128 valence electrons. The third kappa shape index (κ3) is 4.60. The minimum Gasteiger partial charge on any atom is -0.335 e. The number of pyridine rings is 1. The lowest BCUT2D eigenvalue weighted by molar-refractivity contribution is 0.194. The van der Waals surface area contributed by atoms with Crippen LogP contribution in [0.1, 0.15) is 56.4 Å². The van der Waals surface area contributed by atoms with Crippen LogP contribution >= 0.6 is 0 Å². The maximum atomic E-state index is 12.2. The number of amides is 2. The van der Waals surface area contributed by atoms with Gasteiger partial charge >= 0.3 is 6.03 Å². The summed E-state index contributed by atoms with van der Waals surface area (Å²) >= 11 is 0. The molecule has 0 radical (unpaired) electrons. The normalized spacial score (nSPS) is 21.3. The first kappa shape index (κ1) is 17.6. The van der Waals surface area contributed by atoms with E-state index < -0.39 is 0 Å². The average molecular weight is 319 g/mol. The molecule has 1 aliphatic rings. The van der Waals surface area contributed by atoms with Crippen molar-refractivity contribution in [3.8, 4) is 0 Å². The molecule has 0 saturated heterocycles. The molecule has 1 fully saturated rings. The van der Waals surface area contributed by atoms with Crippen LogP contribution in [0, 0.1) is 25.7 Å². The van der Waals surface area contributed by atoms with Gasteiger partial charge < -0.3 is 15.6 Å². The second-order valence-corrected chi connectivity index (χ2v) is 7.07. The highest BCUT2D eigenvalue weighted by Crippen LogP contribution is 2.30. The van der Waals surface area contributed by atoms with Crippen LogP contribution in [0.2, 0.25) is 0 Å². The van der Waals surface area contributed by atoms with Crippen molar-refractivity contribution in [2.75, 3.05) is 0 Å². The Morgan fingerprint density at radius 1 is 1.30 bits per heavy atom. The Hall–Kier alpha value is -1.78. The van der Waals surface area contributed by atoms with E-state index in [1.165, 1.54) is 19.3 Å². The van der Waals surface area contributed by atoms with Crippen LogP contribution in [-0.4, -0.2) is 17.1 Å². The van der Waals surface area contributed by atoms with Crippen molar-refractivity contribution < 1.29 is 4.79 Å². The highest BCUT2D eigenvalue weighted by atomic mass is 16.2. The molecule has 1 aliphatic carbocycles. The number of aryl methyl sites for hydroxylation is 2. The van der Waals surface area contributed by atoms with E-state index in [4.69, 9.17) is 0 Å². The molecule has 2 amide bonds. The number of carbonyl (C=O) groups excluding carboxylic acids is 1. The van der Waals surface area contributed by atoms with Crippen LogP contribution in [-0.2, 0) is 6.54 Å². The summed E-state index contributed by atoms with van der Waals surface area (Å²) in [5.41, 5.74) is 2.24. The number of carbonyl (C=O) groups is 1. The minimum atomic E-state index is -0.179. The van der Waals surface area contributed by atoms with Crippen LogP contribution in [0.25, 0.3) is 0 Å². The molecular formula is C18H29N3O2. The summed E-state index contributed by atoms with van der Waals surface area (Å²) in [6.07, 6.45) is 4.64. The summed E-state index contributed by atoms with van der Waals surface area (Å²) in [6.45, 7) is 8.45. The highest BCUT2D eigenvalue weighted by molar-refractivity contribution is 5.74. The van der Waals surface area contributed by atoms with Crippen LogP contribution in [0.3, 0.4) is 0 Å². The first-order chi connectivity index (χ1) is 10.9. The molecule has 0 bridgehead atoms. The van der Waals surface area contributed by atoms with Gasteiger partial charge in [0.1, 0.15) is 0 Å². The van der Waals surface area contributed by atoms with Crippen molar-refractivity contribution in [2.45, 2.75) is 66.0 Å². The molecule has 5 heteroatoms. The molecule has 2 rings (SSSR count). The van der Waals surface area contributed by atoms with Crippen LogP contribution < -0.4 is 16.2 Å². The molecule has 0 aliphatic heterocycles. The fourth-order valence-corrected chi connectivity index (χ4v) is 3.63.